The third kappa shape index (κ3) is 4.89. The number of hydrogen-bond acceptors (Lipinski definition) is 3. The van der Waals surface area contributed by atoms with E-state index in [9.17, 15) is 19.1 Å². The molecule has 35 heavy (non-hydrogen) atoms. The number of aliphatic hydroxyl groups is 1. The number of amides is 3. The molecule has 2 N–H and O–H groups in total. The van der Waals surface area contributed by atoms with Gasteiger partial charge in [-0.2, -0.15) is 0 Å². The van der Waals surface area contributed by atoms with Crippen LogP contribution in [0.1, 0.15) is 49.1 Å². The van der Waals surface area contributed by atoms with Gasteiger partial charge in [-0.05, 0) is 54.7 Å². The molecule has 0 radical (unpaired) electrons. The van der Waals surface area contributed by atoms with Crippen molar-refractivity contribution in [3.05, 3.63) is 65.5 Å². The zero-order chi connectivity index (χ0) is 24.4. The summed E-state index contributed by atoms with van der Waals surface area (Å²) in [6.45, 7) is 0.138. The Hall–Kier alpha value is -3.37. The molecule has 7 heteroatoms. The number of rotatable bonds is 4. The number of piperazine rings is 1. The van der Waals surface area contributed by atoms with Crippen LogP contribution >= 0.6 is 0 Å². The number of urea groups is 1. The Labute approximate surface area is 205 Å². The van der Waals surface area contributed by atoms with Crippen LogP contribution in [0.15, 0.2) is 48.5 Å². The van der Waals surface area contributed by atoms with Crippen LogP contribution in [-0.4, -0.2) is 58.6 Å². The fourth-order valence-corrected chi connectivity index (χ4v) is 5.72. The van der Waals surface area contributed by atoms with Crippen molar-refractivity contribution in [2.45, 2.75) is 50.1 Å². The number of nitrogens with zero attached hydrogens (tertiary/aromatic N) is 2. The van der Waals surface area contributed by atoms with E-state index in [1.165, 1.54) is 48.8 Å². The molecule has 2 aromatic carbocycles. The molecule has 3 fully saturated rings. The van der Waals surface area contributed by atoms with Gasteiger partial charge in [0.15, 0.2) is 0 Å². The summed E-state index contributed by atoms with van der Waals surface area (Å²) in [5.41, 5.74) is 2.32. The van der Waals surface area contributed by atoms with Crippen molar-refractivity contribution in [1.29, 1.82) is 0 Å². The summed E-state index contributed by atoms with van der Waals surface area (Å²) < 4.78 is 13.5. The molecule has 3 amide bonds. The molecule has 0 aromatic heterocycles. The quantitative estimate of drug-likeness (QED) is 0.658. The molecule has 0 unspecified atom stereocenters. The summed E-state index contributed by atoms with van der Waals surface area (Å²) in [6.07, 6.45) is 6.15. The molecular weight excluding hydrogens is 445 g/mol. The van der Waals surface area contributed by atoms with Crippen LogP contribution in [0.3, 0.4) is 0 Å². The van der Waals surface area contributed by atoms with Crippen molar-refractivity contribution in [2.24, 2.45) is 5.92 Å². The third-order valence-electron chi connectivity index (χ3n) is 7.51. The van der Waals surface area contributed by atoms with E-state index in [0.29, 0.717) is 12.2 Å². The van der Waals surface area contributed by atoms with E-state index >= 15 is 0 Å². The van der Waals surface area contributed by atoms with Gasteiger partial charge in [0.25, 0.3) is 0 Å². The lowest BCUT2D eigenvalue weighted by atomic mass is 9.73. The summed E-state index contributed by atoms with van der Waals surface area (Å²) in [5, 5.41) is 12.7. The zero-order valence-corrected chi connectivity index (χ0v) is 19.6. The standard InChI is InChI=1S/C28H30FN3O3/c29-22-9-4-10-23(15-22)30-28(35)31-16-24-27(25(18-33)32(24)26(34)17-31)21-13-11-20(12-14-21)8-3-7-19-5-1-2-6-19/h4,9-15,19,24-25,27,33H,1-2,5-7,16-18H2,(H,30,35)/t24-,25+,27+/m1/s1. The van der Waals surface area contributed by atoms with Crippen LogP contribution in [0.4, 0.5) is 14.9 Å². The smallest absolute Gasteiger partial charge is 0.322 e. The lowest BCUT2D eigenvalue weighted by molar-refractivity contribution is -0.159. The van der Waals surface area contributed by atoms with Gasteiger partial charge in [-0.1, -0.05) is 42.9 Å². The molecule has 3 atom stereocenters. The van der Waals surface area contributed by atoms with Crippen molar-refractivity contribution in [1.82, 2.24) is 9.80 Å². The minimum Gasteiger partial charge on any atom is -0.394 e. The average molecular weight is 476 g/mol. The van der Waals surface area contributed by atoms with Crippen LogP contribution in [0.2, 0.25) is 0 Å². The first-order valence-electron chi connectivity index (χ1n) is 12.4. The Morgan fingerprint density at radius 2 is 1.91 bits per heavy atom. The minimum absolute atomic E-state index is 0.0730. The second-order valence-corrected chi connectivity index (χ2v) is 9.74. The number of carbonyl (C=O) groups excluding carboxylic acids is 2. The Morgan fingerprint density at radius 3 is 2.63 bits per heavy atom. The van der Waals surface area contributed by atoms with Gasteiger partial charge in [0.05, 0.1) is 18.7 Å². The predicted molar refractivity (Wildman–Crippen MR) is 131 cm³/mol. The highest BCUT2D eigenvalue weighted by Crippen LogP contribution is 2.43. The van der Waals surface area contributed by atoms with Gasteiger partial charge in [0.1, 0.15) is 12.4 Å². The van der Waals surface area contributed by atoms with Gasteiger partial charge in [-0.15, -0.1) is 0 Å². The molecule has 2 aromatic rings. The molecule has 2 aliphatic heterocycles. The van der Waals surface area contributed by atoms with Crippen LogP contribution in [0.25, 0.3) is 0 Å². The molecule has 182 valence electrons. The Balaban J connectivity index is 1.26. The van der Waals surface area contributed by atoms with E-state index < -0.39 is 11.8 Å². The first-order valence-corrected chi connectivity index (χ1v) is 12.4. The van der Waals surface area contributed by atoms with Crippen molar-refractivity contribution in [2.75, 3.05) is 25.0 Å². The first-order chi connectivity index (χ1) is 17.0. The van der Waals surface area contributed by atoms with Gasteiger partial charge in [-0.3, -0.25) is 4.79 Å². The summed E-state index contributed by atoms with van der Waals surface area (Å²) in [5.74, 6) is 6.60. The molecule has 2 heterocycles. The fourth-order valence-electron chi connectivity index (χ4n) is 5.72. The molecule has 0 bridgehead atoms. The Morgan fingerprint density at radius 1 is 1.14 bits per heavy atom. The molecular formula is C28H30FN3O3. The van der Waals surface area contributed by atoms with Gasteiger partial charge in [-0.25, -0.2) is 9.18 Å². The molecule has 6 nitrogen and oxygen atoms in total. The van der Waals surface area contributed by atoms with Gasteiger partial charge in [0, 0.05) is 30.1 Å². The molecule has 5 rings (SSSR count). The summed E-state index contributed by atoms with van der Waals surface area (Å²) in [4.78, 5) is 28.8. The highest BCUT2D eigenvalue weighted by atomic mass is 19.1. The first kappa shape index (κ1) is 23.4. The van der Waals surface area contributed by atoms with Crippen molar-refractivity contribution < 1.29 is 19.1 Å². The Kier molecular flexibility index (Phi) is 6.74. The number of halogens is 1. The van der Waals surface area contributed by atoms with E-state index in [0.717, 1.165) is 23.5 Å². The highest BCUT2D eigenvalue weighted by Gasteiger charge is 2.54. The number of benzene rings is 2. The predicted octanol–water partition coefficient (Wildman–Crippen LogP) is 3.96. The molecule has 3 aliphatic rings. The van der Waals surface area contributed by atoms with E-state index in [2.05, 4.69) is 17.2 Å². The average Bonchev–Trinajstić information content (AvgIpc) is 3.35. The summed E-state index contributed by atoms with van der Waals surface area (Å²) >= 11 is 0. The van der Waals surface area contributed by atoms with Gasteiger partial charge < -0.3 is 20.2 Å². The SMILES string of the molecule is O=C(Nc1cccc(F)c1)N1CC(=O)N2[C@H](C1)[C@H](c1ccc(C#CCC3CCCC3)cc1)[C@@H]2CO. The second-order valence-electron chi connectivity index (χ2n) is 9.74. The van der Waals surface area contributed by atoms with Crippen molar-refractivity contribution in [3.63, 3.8) is 0 Å². The highest BCUT2D eigenvalue weighted by molar-refractivity contribution is 5.93. The van der Waals surface area contributed by atoms with Crippen molar-refractivity contribution in [3.8, 4) is 11.8 Å². The normalized spacial score (nSPS) is 23.8. The lowest BCUT2D eigenvalue weighted by Crippen LogP contribution is -2.73. The monoisotopic (exact) mass is 475 g/mol. The van der Waals surface area contributed by atoms with Crippen LogP contribution in [-0.2, 0) is 4.79 Å². The maximum atomic E-state index is 13.5. The topological polar surface area (TPSA) is 72.9 Å². The van der Waals surface area contributed by atoms with E-state index in [1.807, 2.05) is 24.3 Å². The second kappa shape index (κ2) is 10.1. The van der Waals surface area contributed by atoms with E-state index in [-0.39, 0.29) is 37.1 Å². The third-order valence-corrected chi connectivity index (χ3v) is 7.51. The largest absolute Gasteiger partial charge is 0.394 e. The number of nitrogens with one attached hydrogen (secondary N) is 1. The van der Waals surface area contributed by atoms with Gasteiger partial charge >= 0.3 is 6.03 Å². The lowest BCUT2D eigenvalue weighted by Gasteiger charge is -2.58. The number of hydrogen-bond donors (Lipinski definition) is 2. The fraction of sp³-hybridized carbons (Fsp3) is 0.429. The number of carbonyl (C=O) groups is 2. The van der Waals surface area contributed by atoms with Crippen molar-refractivity contribution >= 4 is 17.6 Å². The van der Waals surface area contributed by atoms with Crippen LogP contribution < -0.4 is 5.32 Å². The Bertz CT molecular complexity index is 1150. The van der Waals surface area contributed by atoms with E-state index in [4.69, 9.17) is 0 Å². The van der Waals surface area contributed by atoms with E-state index in [1.54, 1.807) is 11.0 Å². The molecule has 1 aliphatic carbocycles. The summed E-state index contributed by atoms with van der Waals surface area (Å²) in [6, 6.07) is 12.7. The maximum absolute atomic E-state index is 13.5. The van der Waals surface area contributed by atoms with Gasteiger partial charge in [0.2, 0.25) is 5.91 Å². The number of fused-ring (bicyclic) bond motifs is 1. The molecule has 0 spiro atoms. The van der Waals surface area contributed by atoms with Crippen LogP contribution in [0, 0.1) is 23.6 Å². The number of aliphatic hydroxyl groups excluding tert-OH is 1. The zero-order valence-electron chi connectivity index (χ0n) is 19.6. The minimum atomic E-state index is -0.444. The molecule has 2 saturated heterocycles. The summed E-state index contributed by atoms with van der Waals surface area (Å²) in [7, 11) is 0. The van der Waals surface area contributed by atoms with Crippen LogP contribution in [0.5, 0.6) is 0 Å². The molecule has 1 saturated carbocycles. The maximum Gasteiger partial charge on any atom is 0.322 e. The number of anilines is 1.